The third-order valence-electron chi connectivity index (χ3n) is 7.83. The number of benzene rings is 2. The van der Waals surface area contributed by atoms with Crippen molar-refractivity contribution < 1.29 is 19.1 Å². The average Bonchev–Trinajstić information content (AvgIpc) is 3.86. The van der Waals surface area contributed by atoms with Crippen LogP contribution < -0.4 is 31.6 Å². The van der Waals surface area contributed by atoms with Gasteiger partial charge in [-0.1, -0.05) is 6.07 Å². The van der Waals surface area contributed by atoms with Crippen molar-refractivity contribution in [2.24, 2.45) is 16.6 Å². The van der Waals surface area contributed by atoms with E-state index in [4.69, 9.17) is 20.9 Å². The Kier molecular flexibility index (Phi) is 5.90. The van der Waals surface area contributed by atoms with E-state index in [0.717, 1.165) is 29.7 Å². The van der Waals surface area contributed by atoms with Crippen molar-refractivity contribution in [1.29, 1.82) is 0 Å². The van der Waals surface area contributed by atoms with Crippen LogP contribution >= 0.6 is 0 Å². The van der Waals surface area contributed by atoms with Crippen molar-refractivity contribution in [3.8, 4) is 11.6 Å². The van der Waals surface area contributed by atoms with Crippen molar-refractivity contribution in [2.45, 2.75) is 30.6 Å². The van der Waals surface area contributed by atoms with E-state index in [1.54, 1.807) is 19.2 Å². The van der Waals surface area contributed by atoms with Crippen LogP contribution in [0.1, 0.15) is 52.4 Å². The maximum atomic E-state index is 13.0. The fraction of sp³-hybridized carbons (Fsp3) is 0.310. The number of nitrogens with zero attached hydrogens (tertiary/aromatic N) is 2. The van der Waals surface area contributed by atoms with Crippen LogP contribution in [-0.4, -0.2) is 43.4 Å². The zero-order valence-corrected chi connectivity index (χ0v) is 21.8. The maximum Gasteiger partial charge on any atom is 0.270 e. The number of ether oxygens (including phenoxy) is 2. The largest absolute Gasteiger partial charge is 0.497 e. The van der Waals surface area contributed by atoms with Crippen LogP contribution in [0.4, 0.5) is 17.1 Å². The molecular formula is C29H30N6O4. The van der Waals surface area contributed by atoms with Crippen LogP contribution in [0.3, 0.4) is 0 Å². The number of pyridine rings is 1. The number of hydrogen-bond donors (Lipinski definition) is 4. The summed E-state index contributed by atoms with van der Waals surface area (Å²) >= 11 is 0. The second-order valence-electron chi connectivity index (χ2n) is 10.3. The Morgan fingerprint density at radius 2 is 1.97 bits per heavy atom. The van der Waals surface area contributed by atoms with Gasteiger partial charge in [-0.3, -0.25) is 9.59 Å². The molecule has 2 atom stereocenters. The van der Waals surface area contributed by atoms with E-state index in [9.17, 15) is 9.59 Å². The highest BCUT2D eigenvalue weighted by atomic mass is 16.5. The number of hydrogen-bond acceptors (Lipinski definition) is 7. The fourth-order valence-corrected chi connectivity index (χ4v) is 5.36. The summed E-state index contributed by atoms with van der Waals surface area (Å²) in [5, 5.41) is 5.89. The van der Waals surface area contributed by atoms with Crippen LogP contribution in [0.25, 0.3) is 0 Å². The number of methoxy groups -OCH3 is 2. The standard InChI is InChI=1S/C29H30N6O4/c1-38-17-6-8-22-19(12-17)29(28(37)35-22)13-20(29)16-5-7-18(21(30)11-16)25(31)33-24-10-9-23(34-27(24)39-2)26(36)32-14-15-3-4-15/h5-12,15,20H,3-4,13-14,30H2,1-2H3,(H2,31,33)(H,32,36)(H,35,37)/t20?,29-/m0/s1. The molecule has 1 spiro atoms. The van der Waals surface area contributed by atoms with Crippen molar-refractivity contribution in [2.75, 3.05) is 31.8 Å². The SMILES string of the molecule is COc1ccc2c(c1)[C@]1(CC1c1ccc(C(N)=Nc3ccc(C(=O)NCC4CC4)nc3OC)c(N)c1)C(=O)N2. The molecule has 2 aromatic carbocycles. The lowest BCUT2D eigenvalue weighted by Gasteiger charge is -2.12. The number of nitrogen functional groups attached to an aromatic ring is 1. The monoisotopic (exact) mass is 526 g/mol. The topological polar surface area (TPSA) is 154 Å². The van der Waals surface area contributed by atoms with Gasteiger partial charge in [0.25, 0.3) is 5.91 Å². The van der Waals surface area contributed by atoms with Gasteiger partial charge in [-0.25, -0.2) is 9.98 Å². The van der Waals surface area contributed by atoms with Crippen molar-refractivity contribution >= 4 is 34.7 Å². The zero-order valence-electron chi connectivity index (χ0n) is 21.8. The molecular weight excluding hydrogens is 496 g/mol. The summed E-state index contributed by atoms with van der Waals surface area (Å²) in [7, 11) is 3.08. The van der Waals surface area contributed by atoms with Crippen LogP contribution in [-0.2, 0) is 10.2 Å². The van der Waals surface area contributed by atoms with Gasteiger partial charge in [0.15, 0.2) is 0 Å². The lowest BCUT2D eigenvalue weighted by atomic mass is 9.91. The number of amidine groups is 1. The number of amides is 2. The van der Waals surface area contributed by atoms with Gasteiger partial charge in [0.2, 0.25) is 11.8 Å². The molecule has 39 heavy (non-hydrogen) atoms. The number of fused-ring (bicyclic) bond motifs is 2. The molecule has 1 aromatic heterocycles. The Bertz CT molecular complexity index is 1530. The first-order valence-corrected chi connectivity index (χ1v) is 12.9. The lowest BCUT2D eigenvalue weighted by molar-refractivity contribution is -0.118. The minimum atomic E-state index is -0.622. The molecule has 10 heteroatoms. The molecule has 2 saturated carbocycles. The number of anilines is 2. The minimum Gasteiger partial charge on any atom is -0.497 e. The molecule has 0 bridgehead atoms. The molecule has 2 heterocycles. The Morgan fingerprint density at radius 3 is 2.69 bits per heavy atom. The van der Waals surface area contributed by atoms with Gasteiger partial charge < -0.3 is 31.6 Å². The van der Waals surface area contributed by atoms with Gasteiger partial charge in [-0.15, -0.1) is 0 Å². The highest BCUT2D eigenvalue weighted by Gasteiger charge is 2.65. The second-order valence-corrected chi connectivity index (χ2v) is 10.3. The predicted octanol–water partition coefficient (Wildman–Crippen LogP) is 3.24. The molecule has 2 fully saturated rings. The number of rotatable bonds is 8. The highest BCUT2D eigenvalue weighted by molar-refractivity contribution is 6.10. The highest BCUT2D eigenvalue weighted by Crippen LogP contribution is 2.65. The molecule has 6 N–H and O–H groups in total. The number of carbonyl (C=O) groups excluding carboxylic acids is 2. The lowest BCUT2D eigenvalue weighted by Crippen LogP contribution is -2.26. The Balaban J connectivity index is 1.23. The molecule has 1 aliphatic heterocycles. The predicted molar refractivity (Wildman–Crippen MR) is 148 cm³/mol. The number of carbonyl (C=O) groups is 2. The number of aliphatic imine (C=N–C) groups is 1. The number of aromatic nitrogens is 1. The Hall–Kier alpha value is -4.60. The molecule has 3 aliphatic rings. The third-order valence-corrected chi connectivity index (χ3v) is 7.83. The van der Waals surface area contributed by atoms with E-state index < -0.39 is 5.41 Å². The molecule has 2 aliphatic carbocycles. The van der Waals surface area contributed by atoms with Crippen LogP contribution in [0.5, 0.6) is 11.6 Å². The summed E-state index contributed by atoms with van der Waals surface area (Å²) in [6.45, 7) is 0.651. The van der Waals surface area contributed by atoms with Crippen molar-refractivity contribution in [3.05, 3.63) is 70.9 Å². The van der Waals surface area contributed by atoms with Gasteiger partial charge in [-0.2, -0.15) is 0 Å². The quantitative estimate of drug-likeness (QED) is 0.200. The summed E-state index contributed by atoms with van der Waals surface area (Å²) < 4.78 is 10.8. The van der Waals surface area contributed by atoms with E-state index in [1.165, 1.54) is 7.11 Å². The zero-order chi connectivity index (χ0) is 27.3. The molecule has 200 valence electrons. The van der Waals surface area contributed by atoms with Crippen LogP contribution in [0, 0.1) is 5.92 Å². The van der Waals surface area contributed by atoms with Crippen LogP contribution in [0.2, 0.25) is 0 Å². The van der Waals surface area contributed by atoms with E-state index in [-0.39, 0.29) is 35.1 Å². The summed E-state index contributed by atoms with van der Waals surface area (Å²) in [4.78, 5) is 34.2. The van der Waals surface area contributed by atoms with Crippen molar-refractivity contribution in [3.63, 3.8) is 0 Å². The third kappa shape index (κ3) is 4.31. The molecule has 10 nitrogen and oxygen atoms in total. The molecule has 0 radical (unpaired) electrons. The molecule has 2 amide bonds. The first-order valence-electron chi connectivity index (χ1n) is 12.9. The van der Waals surface area contributed by atoms with Gasteiger partial charge in [0, 0.05) is 29.4 Å². The van der Waals surface area contributed by atoms with Gasteiger partial charge in [0.1, 0.15) is 23.0 Å². The minimum absolute atomic E-state index is 0.0104. The number of nitrogens with two attached hydrogens (primary N) is 2. The molecule has 6 rings (SSSR count). The van der Waals surface area contributed by atoms with E-state index >= 15 is 0 Å². The fourth-order valence-electron chi connectivity index (χ4n) is 5.36. The average molecular weight is 527 g/mol. The maximum absolute atomic E-state index is 13.0. The Morgan fingerprint density at radius 1 is 1.15 bits per heavy atom. The summed E-state index contributed by atoms with van der Waals surface area (Å²) in [5.41, 5.74) is 16.5. The first-order chi connectivity index (χ1) is 18.8. The number of nitrogens with one attached hydrogen (secondary N) is 2. The van der Waals surface area contributed by atoms with Crippen LogP contribution in [0.15, 0.2) is 53.5 Å². The Labute approximate surface area is 225 Å². The van der Waals surface area contributed by atoms with Gasteiger partial charge in [-0.05, 0) is 78.8 Å². The first kappa shape index (κ1) is 24.7. The molecule has 3 aromatic rings. The van der Waals surface area contributed by atoms with E-state index in [2.05, 4.69) is 20.6 Å². The van der Waals surface area contributed by atoms with E-state index in [0.29, 0.717) is 41.6 Å². The smallest absolute Gasteiger partial charge is 0.270 e. The molecule has 1 unspecified atom stereocenters. The van der Waals surface area contributed by atoms with E-state index in [1.807, 2.05) is 36.4 Å². The summed E-state index contributed by atoms with van der Waals surface area (Å²) in [5.74, 6) is 1.38. The van der Waals surface area contributed by atoms with Gasteiger partial charge in [0.05, 0.1) is 19.6 Å². The normalized spacial score (nSPS) is 21.3. The van der Waals surface area contributed by atoms with Gasteiger partial charge >= 0.3 is 0 Å². The summed E-state index contributed by atoms with van der Waals surface area (Å²) in [6, 6.07) is 14.5. The van der Waals surface area contributed by atoms with Crippen molar-refractivity contribution in [1.82, 2.24) is 10.3 Å². The molecule has 0 saturated heterocycles. The second kappa shape index (κ2) is 9.30. The summed E-state index contributed by atoms with van der Waals surface area (Å²) in [6.07, 6.45) is 2.98.